The maximum atomic E-state index is 12.2. The topological polar surface area (TPSA) is 49.9 Å². The van der Waals surface area contributed by atoms with Crippen LogP contribution in [0.5, 0.6) is 0 Å². The minimum absolute atomic E-state index is 0.112. The molecule has 1 atom stereocenters. The van der Waals surface area contributed by atoms with Gasteiger partial charge in [0.2, 0.25) is 0 Å². The number of hydrogen-bond donors (Lipinski definition) is 0. The van der Waals surface area contributed by atoms with E-state index in [1.807, 2.05) is 29.3 Å². The maximum absolute atomic E-state index is 12.2. The third kappa shape index (κ3) is 3.58. The Morgan fingerprint density at radius 3 is 2.60 bits per heavy atom. The summed E-state index contributed by atoms with van der Waals surface area (Å²) < 4.78 is 4.73. The van der Waals surface area contributed by atoms with Gasteiger partial charge in [-0.1, -0.05) is 13.0 Å². The lowest BCUT2D eigenvalue weighted by atomic mass is 10.1. The maximum Gasteiger partial charge on any atom is 0.309 e. The number of thiophene rings is 1. The number of ether oxygens (including phenoxy) is 1. The van der Waals surface area contributed by atoms with E-state index in [2.05, 4.69) is 4.90 Å². The van der Waals surface area contributed by atoms with Crippen LogP contribution in [0, 0.1) is 5.92 Å². The van der Waals surface area contributed by atoms with Crippen molar-refractivity contribution in [3.63, 3.8) is 0 Å². The van der Waals surface area contributed by atoms with Crippen LogP contribution in [-0.4, -0.2) is 61.5 Å². The van der Waals surface area contributed by atoms with Gasteiger partial charge in [-0.2, -0.15) is 0 Å². The van der Waals surface area contributed by atoms with Gasteiger partial charge in [-0.15, -0.1) is 11.3 Å². The van der Waals surface area contributed by atoms with Crippen LogP contribution in [0.4, 0.5) is 0 Å². The van der Waals surface area contributed by atoms with Crippen molar-refractivity contribution in [3.05, 3.63) is 22.4 Å². The van der Waals surface area contributed by atoms with Gasteiger partial charge in [-0.3, -0.25) is 14.5 Å². The Hall–Kier alpha value is -1.40. The minimum Gasteiger partial charge on any atom is -0.469 e. The first kappa shape index (κ1) is 15.0. The van der Waals surface area contributed by atoms with Crippen molar-refractivity contribution in [2.24, 2.45) is 5.92 Å². The lowest BCUT2D eigenvalue weighted by Gasteiger charge is -2.35. The van der Waals surface area contributed by atoms with E-state index in [4.69, 9.17) is 4.74 Å². The Morgan fingerprint density at radius 1 is 1.35 bits per heavy atom. The quantitative estimate of drug-likeness (QED) is 0.786. The molecule has 1 amide bonds. The van der Waals surface area contributed by atoms with E-state index in [1.165, 1.54) is 18.4 Å². The summed E-state index contributed by atoms with van der Waals surface area (Å²) in [5.41, 5.74) is 0. The fraction of sp³-hybridized carbons (Fsp3) is 0.571. The largest absolute Gasteiger partial charge is 0.469 e. The van der Waals surface area contributed by atoms with Gasteiger partial charge in [0.1, 0.15) is 0 Å². The van der Waals surface area contributed by atoms with Crippen molar-refractivity contribution < 1.29 is 14.3 Å². The molecule has 0 radical (unpaired) electrons. The zero-order valence-electron chi connectivity index (χ0n) is 11.9. The number of rotatable bonds is 4. The van der Waals surface area contributed by atoms with Crippen LogP contribution in [0.25, 0.3) is 0 Å². The highest BCUT2D eigenvalue weighted by molar-refractivity contribution is 7.12. The lowest BCUT2D eigenvalue weighted by molar-refractivity contribution is -0.145. The van der Waals surface area contributed by atoms with E-state index in [9.17, 15) is 9.59 Å². The van der Waals surface area contributed by atoms with Crippen molar-refractivity contribution in [3.8, 4) is 0 Å². The molecule has 0 bridgehead atoms. The number of piperazine rings is 1. The van der Waals surface area contributed by atoms with E-state index in [0.29, 0.717) is 19.6 Å². The first-order valence-corrected chi connectivity index (χ1v) is 7.62. The second kappa shape index (κ2) is 6.85. The molecule has 6 heteroatoms. The molecule has 1 aromatic rings. The molecular weight excluding hydrogens is 276 g/mol. The highest BCUT2D eigenvalue weighted by Gasteiger charge is 2.25. The summed E-state index contributed by atoms with van der Waals surface area (Å²) in [4.78, 5) is 28.5. The van der Waals surface area contributed by atoms with E-state index < -0.39 is 0 Å². The molecule has 1 fully saturated rings. The highest BCUT2D eigenvalue weighted by atomic mass is 32.1. The van der Waals surface area contributed by atoms with E-state index in [-0.39, 0.29) is 17.8 Å². The second-order valence-corrected chi connectivity index (χ2v) is 5.94. The summed E-state index contributed by atoms with van der Waals surface area (Å²) in [5, 5.41) is 1.92. The number of carbonyl (C=O) groups excluding carboxylic acids is 2. The molecule has 20 heavy (non-hydrogen) atoms. The van der Waals surface area contributed by atoms with Crippen molar-refractivity contribution >= 4 is 23.2 Å². The van der Waals surface area contributed by atoms with Crippen molar-refractivity contribution in [1.82, 2.24) is 9.80 Å². The molecule has 1 aliphatic heterocycles. The Balaban J connectivity index is 1.81. The number of esters is 1. The number of hydrogen-bond acceptors (Lipinski definition) is 5. The number of methoxy groups -OCH3 is 1. The normalized spacial score (nSPS) is 17.8. The Kier molecular flexibility index (Phi) is 5.14. The van der Waals surface area contributed by atoms with Gasteiger partial charge in [0.15, 0.2) is 0 Å². The van der Waals surface area contributed by atoms with Gasteiger partial charge in [-0.05, 0) is 11.4 Å². The first-order chi connectivity index (χ1) is 9.61. The summed E-state index contributed by atoms with van der Waals surface area (Å²) in [6.07, 6.45) is 0. The van der Waals surface area contributed by atoms with Crippen molar-refractivity contribution in [2.75, 3.05) is 39.8 Å². The highest BCUT2D eigenvalue weighted by Crippen LogP contribution is 2.14. The van der Waals surface area contributed by atoms with Crippen molar-refractivity contribution in [1.29, 1.82) is 0 Å². The molecule has 5 nitrogen and oxygen atoms in total. The second-order valence-electron chi connectivity index (χ2n) is 4.99. The molecule has 0 aliphatic carbocycles. The van der Waals surface area contributed by atoms with Gasteiger partial charge in [0, 0.05) is 32.7 Å². The van der Waals surface area contributed by atoms with Gasteiger partial charge >= 0.3 is 5.97 Å². The van der Waals surface area contributed by atoms with Crippen LogP contribution in [0.3, 0.4) is 0 Å². The van der Waals surface area contributed by atoms with Gasteiger partial charge in [-0.25, -0.2) is 0 Å². The molecule has 2 rings (SSSR count). The Bertz CT molecular complexity index is 453. The molecule has 2 heterocycles. The smallest absolute Gasteiger partial charge is 0.309 e. The molecule has 0 aromatic carbocycles. The third-order valence-corrected chi connectivity index (χ3v) is 4.38. The monoisotopic (exact) mass is 296 g/mol. The lowest BCUT2D eigenvalue weighted by Crippen LogP contribution is -2.50. The zero-order chi connectivity index (χ0) is 14.5. The minimum atomic E-state index is -0.179. The number of nitrogens with zero attached hydrogens (tertiary/aromatic N) is 2. The summed E-state index contributed by atoms with van der Waals surface area (Å²) in [6.45, 7) is 5.59. The summed E-state index contributed by atoms with van der Waals surface area (Å²) in [7, 11) is 1.41. The summed E-state index contributed by atoms with van der Waals surface area (Å²) >= 11 is 1.48. The van der Waals surface area contributed by atoms with Crippen LogP contribution in [0.15, 0.2) is 17.5 Å². The molecule has 1 aliphatic rings. The molecule has 0 spiro atoms. The zero-order valence-corrected chi connectivity index (χ0v) is 12.7. The van der Waals surface area contributed by atoms with Gasteiger partial charge in [0.05, 0.1) is 17.9 Å². The van der Waals surface area contributed by atoms with Crippen LogP contribution in [-0.2, 0) is 9.53 Å². The fourth-order valence-corrected chi connectivity index (χ4v) is 3.04. The molecule has 1 saturated heterocycles. The summed E-state index contributed by atoms with van der Waals surface area (Å²) in [6, 6.07) is 3.75. The molecule has 0 N–H and O–H groups in total. The number of carbonyl (C=O) groups is 2. The Labute approximate surface area is 123 Å². The first-order valence-electron chi connectivity index (χ1n) is 6.74. The molecule has 1 aromatic heterocycles. The molecular formula is C14H20N2O3S. The average molecular weight is 296 g/mol. The standard InChI is InChI=1S/C14H20N2O3S/c1-11(14(18)19-2)10-15-5-7-16(8-6-15)13(17)12-4-3-9-20-12/h3-4,9,11H,5-8,10H2,1-2H3/t11-/m1/s1. The molecule has 0 unspecified atom stereocenters. The predicted octanol–water partition coefficient (Wildman–Crippen LogP) is 1.31. The van der Waals surface area contributed by atoms with Gasteiger partial charge in [0.25, 0.3) is 5.91 Å². The average Bonchev–Trinajstić information content (AvgIpc) is 3.00. The van der Waals surface area contributed by atoms with Gasteiger partial charge < -0.3 is 9.64 Å². The van der Waals surface area contributed by atoms with Crippen LogP contribution < -0.4 is 0 Å². The fourth-order valence-electron chi connectivity index (χ4n) is 2.35. The van der Waals surface area contributed by atoms with Crippen LogP contribution >= 0.6 is 11.3 Å². The Morgan fingerprint density at radius 2 is 2.05 bits per heavy atom. The molecule has 110 valence electrons. The predicted molar refractivity (Wildman–Crippen MR) is 77.8 cm³/mol. The van der Waals surface area contributed by atoms with Crippen LogP contribution in [0.2, 0.25) is 0 Å². The SMILES string of the molecule is COC(=O)[C@H](C)CN1CCN(C(=O)c2cccs2)CC1. The molecule has 0 saturated carbocycles. The van der Waals surface area contributed by atoms with E-state index in [0.717, 1.165) is 18.0 Å². The van der Waals surface area contributed by atoms with E-state index in [1.54, 1.807) is 0 Å². The van der Waals surface area contributed by atoms with Crippen molar-refractivity contribution in [2.45, 2.75) is 6.92 Å². The number of amides is 1. The third-order valence-electron chi connectivity index (χ3n) is 3.53. The van der Waals surface area contributed by atoms with Crippen LogP contribution in [0.1, 0.15) is 16.6 Å². The summed E-state index contributed by atoms with van der Waals surface area (Å²) in [5.74, 6) is -0.192. The van der Waals surface area contributed by atoms with E-state index >= 15 is 0 Å².